The molecule has 1 fully saturated rings. The summed E-state index contributed by atoms with van der Waals surface area (Å²) in [6.45, 7) is 6.36. The maximum absolute atomic E-state index is 12.1. The molecule has 1 atom stereocenters. The van der Waals surface area contributed by atoms with E-state index >= 15 is 0 Å². The molecule has 1 unspecified atom stereocenters. The summed E-state index contributed by atoms with van der Waals surface area (Å²) in [4.78, 5) is 12.1. The Morgan fingerprint density at radius 2 is 2.00 bits per heavy atom. The van der Waals surface area contributed by atoms with Gasteiger partial charge in [0.25, 0.3) is 0 Å². The summed E-state index contributed by atoms with van der Waals surface area (Å²) in [5.41, 5.74) is 0. The molecule has 0 radical (unpaired) electrons. The van der Waals surface area contributed by atoms with Gasteiger partial charge in [-0.2, -0.15) is 0 Å². The van der Waals surface area contributed by atoms with Crippen molar-refractivity contribution in [3.8, 4) is 0 Å². The van der Waals surface area contributed by atoms with Gasteiger partial charge in [0.1, 0.15) is 0 Å². The van der Waals surface area contributed by atoms with Crippen molar-refractivity contribution in [2.45, 2.75) is 64.8 Å². The fraction of sp³-hybridized carbons (Fsp3) is 0.929. The van der Waals surface area contributed by atoms with Crippen LogP contribution in [0.4, 0.5) is 0 Å². The fourth-order valence-electron chi connectivity index (χ4n) is 2.42. The lowest BCUT2D eigenvalue weighted by atomic mass is 9.96. The lowest BCUT2D eigenvalue weighted by Crippen LogP contribution is -2.42. The predicted molar refractivity (Wildman–Crippen MR) is 72.0 cm³/mol. The average molecular weight is 240 g/mol. The second kappa shape index (κ2) is 8.51. The van der Waals surface area contributed by atoms with Crippen LogP contribution < -0.4 is 10.6 Å². The van der Waals surface area contributed by atoms with E-state index in [0.717, 1.165) is 38.8 Å². The summed E-state index contributed by atoms with van der Waals surface area (Å²) < 4.78 is 0. The van der Waals surface area contributed by atoms with Crippen molar-refractivity contribution in [2.24, 2.45) is 5.92 Å². The maximum Gasteiger partial charge on any atom is 0.223 e. The largest absolute Gasteiger partial charge is 0.353 e. The molecule has 17 heavy (non-hydrogen) atoms. The summed E-state index contributed by atoms with van der Waals surface area (Å²) in [6.07, 6.45) is 7.95. The number of carbonyl (C=O) groups excluding carboxylic acids is 1. The molecule has 3 nitrogen and oxygen atoms in total. The van der Waals surface area contributed by atoms with Gasteiger partial charge in [-0.25, -0.2) is 0 Å². The van der Waals surface area contributed by atoms with Crippen molar-refractivity contribution in [1.29, 1.82) is 0 Å². The first-order chi connectivity index (χ1) is 8.27. The van der Waals surface area contributed by atoms with Crippen LogP contribution in [-0.4, -0.2) is 25.0 Å². The van der Waals surface area contributed by atoms with Crippen LogP contribution in [0.25, 0.3) is 0 Å². The van der Waals surface area contributed by atoms with E-state index in [4.69, 9.17) is 0 Å². The Labute approximate surface area is 106 Å². The van der Waals surface area contributed by atoms with Crippen LogP contribution in [0.15, 0.2) is 0 Å². The highest BCUT2D eigenvalue weighted by Gasteiger charge is 2.22. The summed E-state index contributed by atoms with van der Waals surface area (Å²) in [6, 6.07) is 0.393. The van der Waals surface area contributed by atoms with Crippen molar-refractivity contribution in [3.05, 3.63) is 0 Å². The highest BCUT2D eigenvalue weighted by atomic mass is 16.1. The quantitative estimate of drug-likeness (QED) is 0.671. The van der Waals surface area contributed by atoms with Crippen LogP contribution in [0.5, 0.6) is 0 Å². The Kier molecular flexibility index (Phi) is 7.25. The van der Waals surface area contributed by atoms with Gasteiger partial charge in [0, 0.05) is 12.0 Å². The molecule has 0 aromatic carbocycles. The van der Waals surface area contributed by atoms with Gasteiger partial charge >= 0.3 is 0 Å². The van der Waals surface area contributed by atoms with E-state index in [1.54, 1.807) is 0 Å². The predicted octanol–water partition coefficient (Wildman–Crippen LogP) is 2.46. The van der Waals surface area contributed by atoms with Gasteiger partial charge < -0.3 is 10.6 Å². The van der Waals surface area contributed by atoms with Gasteiger partial charge in [0.2, 0.25) is 5.91 Å². The minimum Gasteiger partial charge on any atom is -0.353 e. The van der Waals surface area contributed by atoms with Crippen molar-refractivity contribution in [3.63, 3.8) is 0 Å². The molecule has 1 saturated heterocycles. The van der Waals surface area contributed by atoms with Crippen molar-refractivity contribution < 1.29 is 4.79 Å². The highest BCUT2D eigenvalue weighted by molar-refractivity contribution is 5.79. The number of piperidine rings is 1. The molecule has 1 aliphatic rings. The van der Waals surface area contributed by atoms with E-state index in [0.29, 0.717) is 6.04 Å². The van der Waals surface area contributed by atoms with Gasteiger partial charge in [-0.1, -0.05) is 33.1 Å². The lowest BCUT2D eigenvalue weighted by molar-refractivity contribution is -0.126. The van der Waals surface area contributed by atoms with Gasteiger partial charge in [-0.3, -0.25) is 4.79 Å². The van der Waals surface area contributed by atoms with Crippen LogP contribution in [0, 0.1) is 5.92 Å². The zero-order chi connectivity index (χ0) is 12.5. The molecule has 2 N–H and O–H groups in total. The second-order valence-electron chi connectivity index (χ2n) is 5.13. The number of unbranched alkanes of at least 4 members (excludes halogenated alkanes) is 2. The number of rotatable bonds is 7. The third kappa shape index (κ3) is 5.53. The minimum absolute atomic E-state index is 0.247. The Hall–Kier alpha value is -0.570. The molecule has 0 saturated carbocycles. The third-order valence-corrected chi connectivity index (χ3v) is 3.71. The smallest absolute Gasteiger partial charge is 0.223 e. The maximum atomic E-state index is 12.1. The zero-order valence-corrected chi connectivity index (χ0v) is 11.4. The number of hydrogen-bond acceptors (Lipinski definition) is 2. The van der Waals surface area contributed by atoms with Crippen molar-refractivity contribution in [2.75, 3.05) is 13.1 Å². The second-order valence-corrected chi connectivity index (χ2v) is 5.13. The van der Waals surface area contributed by atoms with E-state index in [2.05, 4.69) is 24.5 Å². The van der Waals surface area contributed by atoms with Crippen LogP contribution in [0.3, 0.4) is 0 Å². The van der Waals surface area contributed by atoms with E-state index in [9.17, 15) is 4.79 Å². The van der Waals surface area contributed by atoms with Gasteiger partial charge in [-0.15, -0.1) is 0 Å². The molecule has 0 aliphatic carbocycles. The molecule has 0 spiro atoms. The molecule has 100 valence electrons. The molecule has 0 aromatic heterocycles. The Morgan fingerprint density at radius 1 is 1.29 bits per heavy atom. The summed E-state index contributed by atoms with van der Waals surface area (Å²) in [5.74, 6) is 0.534. The number of amides is 1. The normalized spacial score (nSPS) is 18.9. The molecule has 1 heterocycles. The number of nitrogens with one attached hydrogen (secondary N) is 2. The molecule has 0 bridgehead atoms. The Morgan fingerprint density at radius 3 is 2.59 bits per heavy atom. The SMILES string of the molecule is CCCCCC(CC)NC(=O)C1CCNCC1. The monoisotopic (exact) mass is 240 g/mol. The minimum atomic E-state index is 0.247. The third-order valence-electron chi connectivity index (χ3n) is 3.71. The fourth-order valence-corrected chi connectivity index (χ4v) is 2.42. The topological polar surface area (TPSA) is 41.1 Å². The Balaban J connectivity index is 2.25. The zero-order valence-electron chi connectivity index (χ0n) is 11.4. The first-order valence-electron chi connectivity index (χ1n) is 7.29. The molecular formula is C14H28N2O. The molecule has 1 aliphatic heterocycles. The van der Waals surface area contributed by atoms with Crippen LogP contribution >= 0.6 is 0 Å². The van der Waals surface area contributed by atoms with Crippen molar-refractivity contribution >= 4 is 5.91 Å². The molecule has 3 heteroatoms. The lowest BCUT2D eigenvalue weighted by Gasteiger charge is -2.25. The van der Waals surface area contributed by atoms with Crippen molar-refractivity contribution in [1.82, 2.24) is 10.6 Å². The van der Waals surface area contributed by atoms with Gasteiger partial charge in [-0.05, 0) is 38.8 Å². The van der Waals surface area contributed by atoms with Crippen LogP contribution in [0.1, 0.15) is 58.8 Å². The summed E-state index contributed by atoms with van der Waals surface area (Å²) >= 11 is 0. The Bertz CT molecular complexity index is 212. The molecule has 0 aromatic rings. The summed E-state index contributed by atoms with van der Waals surface area (Å²) in [7, 11) is 0. The molecule has 1 rings (SSSR count). The molecular weight excluding hydrogens is 212 g/mol. The summed E-state index contributed by atoms with van der Waals surface area (Å²) in [5, 5.41) is 6.53. The van der Waals surface area contributed by atoms with Crippen LogP contribution in [-0.2, 0) is 4.79 Å². The average Bonchev–Trinajstić information content (AvgIpc) is 2.38. The number of hydrogen-bond donors (Lipinski definition) is 2. The van der Waals surface area contributed by atoms with E-state index in [1.807, 2.05) is 0 Å². The van der Waals surface area contributed by atoms with E-state index in [-0.39, 0.29) is 11.8 Å². The standard InChI is InChI=1S/C14H28N2O/c1-3-5-6-7-13(4-2)16-14(17)12-8-10-15-11-9-12/h12-13,15H,3-11H2,1-2H3,(H,16,17). The van der Waals surface area contributed by atoms with Gasteiger partial charge in [0.15, 0.2) is 0 Å². The van der Waals surface area contributed by atoms with Gasteiger partial charge in [0.05, 0.1) is 0 Å². The highest BCUT2D eigenvalue weighted by Crippen LogP contribution is 2.13. The first-order valence-corrected chi connectivity index (χ1v) is 7.29. The van der Waals surface area contributed by atoms with E-state index in [1.165, 1.54) is 19.3 Å². The molecule has 1 amide bonds. The van der Waals surface area contributed by atoms with E-state index < -0.39 is 0 Å². The first kappa shape index (κ1) is 14.5. The number of carbonyl (C=O) groups is 1. The van der Waals surface area contributed by atoms with Crippen LogP contribution in [0.2, 0.25) is 0 Å².